The number of anilines is 1. The monoisotopic (exact) mass is 568 g/mol. The normalized spacial score (nSPS) is 12.4. The molecule has 0 spiro atoms. The molecule has 0 aliphatic rings. The summed E-state index contributed by atoms with van der Waals surface area (Å²) in [6.07, 6.45) is -7.89. The summed E-state index contributed by atoms with van der Waals surface area (Å²) in [6.45, 7) is -2.05. The van der Waals surface area contributed by atoms with Crippen LogP contribution in [0.2, 0.25) is 0 Å². The van der Waals surface area contributed by atoms with E-state index in [0.29, 0.717) is 24.5 Å². The Bertz CT molecular complexity index is 1490. The molecular weight excluding hydrogens is 552 g/mol. The van der Waals surface area contributed by atoms with Gasteiger partial charge in [-0.15, -0.1) is 0 Å². The Balaban J connectivity index is 2.30. The summed E-state index contributed by atoms with van der Waals surface area (Å²) in [7, 11) is -3.27. The number of nitrogens with zero attached hydrogens (tertiary/aromatic N) is 2. The molecule has 1 amide bonds. The first-order valence-electron chi connectivity index (χ1n) is 10.2. The van der Waals surface area contributed by atoms with Gasteiger partial charge in [0.2, 0.25) is 0 Å². The first kappa shape index (κ1) is 28.8. The van der Waals surface area contributed by atoms with Crippen LogP contribution in [0.3, 0.4) is 0 Å². The molecule has 0 radical (unpaired) electrons. The highest BCUT2D eigenvalue weighted by molar-refractivity contribution is 7.90. The standard InChI is InChI=1S/C23H16F8N2O4S/c1-37-20-9-18(25)17(24)8-16(20)15-3-4-32-10-19(15)33(11-22(26,27)28)21(34)12-5-13(23(29,30)31)7-14(6-12)38(2,35)36/h3-10H,11H2,1-2H3. The summed E-state index contributed by atoms with van der Waals surface area (Å²) in [5, 5.41) is 0. The molecule has 1 aromatic heterocycles. The lowest BCUT2D eigenvalue weighted by Crippen LogP contribution is -2.39. The molecule has 0 bridgehead atoms. The van der Waals surface area contributed by atoms with Gasteiger partial charge in [0, 0.05) is 35.2 Å². The van der Waals surface area contributed by atoms with E-state index in [9.17, 15) is 48.3 Å². The third-order valence-electron chi connectivity index (χ3n) is 5.11. The van der Waals surface area contributed by atoms with Crippen LogP contribution in [0.15, 0.2) is 53.7 Å². The Kier molecular flexibility index (Phi) is 7.73. The van der Waals surface area contributed by atoms with Crippen LogP contribution in [0.25, 0.3) is 11.1 Å². The van der Waals surface area contributed by atoms with Gasteiger partial charge in [-0.3, -0.25) is 14.7 Å². The van der Waals surface area contributed by atoms with Gasteiger partial charge >= 0.3 is 12.4 Å². The Morgan fingerprint density at radius 3 is 2.16 bits per heavy atom. The van der Waals surface area contributed by atoms with Crippen molar-refractivity contribution in [1.82, 2.24) is 4.98 Å². The summed E-state index contributed by atoms with van der Waals surface area (Å²) in [4.78, 5) is 16.0. The second kappa shape index (κ2) is 10.2. The molecule has 38 heavy (non-hydrogen) atoms. The third kappa shape index (κ3) is 6.38. The molecule has 204 valence electrons. The smallest absolute Gasteiger partial charge is 0.416 e. The van der Waals surface area contributed by atoms with Gasteiger partial charge in [-0.25, -0.2) is 17.2 Å². The van der Waals surface area contributed by atoms with Crippen LogP contribution in [-0.4, -0.2) is 45.4 Å². The molecule has 6 nitrogen and oxygen atoms in total. The zero-order chi connectivity index (χ0) is 28.6. The van der Waals surface area contributed by atoms with E-state index in [0.717, 1.165) is 25.6 Å². The number of ether oxygens (including phenoxy) is 1. The van der Waals surface area contributed by atoms with Crippen molar-refractivity contribution in [2.24, 2.45) is 0 Å². The summed E-state index contributed by atoms with van der Waals surface area (Å²) in [5.41, 5.74) is -3.90. The van der Waals surface area contributed by atoms with Gasteiger partial charge in [-0.2, -0.15) is 26.3 Å². The van der Waals surface area contributed by atoms with Crippen LogP contribution in [0.4, 0.5) is 40.8 Å². The van der Waals surface area contributed by atoms with Gasteiger partial charge in [0.25, 0.3) is 5.91 Å². The molecular formula is C23H16F8N2O4S. The number of rotatable bonds is 6. The molecule has 0 aliphatic carbocycles. The molecule has 2 aromatic carbocycles. The second-order valence-corrected chi connectivity index (χ2v) is 9.90. The van der Waals surface area contributed by atoms with E-state index in [2.05, 4.69) is 4.98 Å². The van der Waals surface area contributed by atoms with Gasteiger partial charge in [0.15, 0.2) is 21.5 Å². The lowest BCUT2D eigenvalue weighted by atomic mass is 10.0. The minimum atomic E-state index is -5.15. The van der Waals surface area contributed by atoms with Crippen LogP contribution in [0.5, 0.6) is 5.75 Å². The van der Waals surface area contributed by atoms with Crippen LogP contribution in [0.1, 0.15) is 15.9 Å². The molecule has 0 atom stereocenters. The minimum absolute atomic E-state index is 0.00455. The summed E-state index contributed by atoms with van der Waals surface area (Å²) >= 11 is 0. The first-order chi connectivity index (χ1) is 17.4. The Hall–Kier alpha value is -3.75. The fraction of sp³-hybridized carbons (Fsp3) is 0.217. The average molecular weight is 568 g/mol. The van der Waals surface area contributed by atoms with E-state index >= 15 is 0 Å². The van der Waals surface area contributed by atoms with Crippen LogP contribution in [0, 0.1) is 11.6 Å². The second-order valence-electron chi connectivity index (χ2n) is 7.88. The third-order valence-corrected chi connectivity index (χ3v) is 6.21. The van der Waals surface area contributed by atoms with Crippen molar-refractivity contribution in [3.8, 4) is 16.9 Å². The van der Waals surface area contributed by atoms with E-state index in [-0.39, 0.29) is 33.9 Å². The zero-order valence-electron chi connectivity index (χ0n) is 19.3. The highest BCUT2D eigenvalue weighted by Gasteiger charge is 2.38. The SMILES string of the molecule is COc1cc(F)c(F)cc1-c1ccncc1N(CC(F)(F)F)C(=O)c1cc(C(F)(F)F)cc(S(C)(=O)=O)c1. The molecule has 15 heteroatoms. The van der Waals surface area contributed by atoms with E-state index in [4.69, 9.17) is 4.74 Å². The lowest BCUT2D eigenvalue weighted by Gasteiger charge is -2.27. The number of carbonyl (C=O) groups is 1. The van der Waals surface area contributed by atoms with E-state index < -0.39 is 68.0 Å². The van der Waals surface area contributed by atoms with E-state index in [1.165, 1.54) is 0 Å². The first-order valence-corrected chi connectivity index (χ1v) is 12.1. The molecule has 0 saturated heterocycles. The highest BCUT2D eigenvalue weighted by Crippen LogP contribution is 2.39. The maximum Gasteiger partial charge on any atom is 0.416 e. The molecule has 0 fully saturated rings. The largest absolute Gasteiger partial charge is 0.496 e. The molecule has 0 N–H and O–H groups in total. The quantitative estimate of drug-likeness (QED) is 0.359. The lowest BCUT2D eigenvalue weighted by molar-refractivity contribution is -0.137. The minimum Gasteiger partial charge on any atom is -0.496 e. The van der Waals surface area contributed by atoms with Crippen molar-refractivity contribution in [2.75, 3.05) is 24.8 Å². The van der Waals surface area contributed by atoms with Crippen LogP contribution < -0.4 is 9.64 Å². The number of aromatic nitrogens is 1. The Morgan fingerprint density at radius 1 is 0.974 bits per heavy atom. The van der Waals surface area contributed by atoms with Crippen molar-refractivity contribution in [1.29, 1.82) is 0 Å². The van der Waals surface area contributed by atoms with Crippen molar-refractivity contribution in [3.05, 3.63) is 71.6 Å². The fourth-order valence-electron chi connectivity index (χ4n) is 3.44. The van der Waals surface area contributed by atoms with Crippen LogP contribution in [-0.2, 0) is 16.0 Å². The van der Waals surface area contributed by atoms with Gasteiger partial charge in [0.1, 0.15) is 12.3 Å². The summed E-state index contributed by atoms with van der Waals surface area (Å²) in [5.74, 6) is -4.77. The van der Waals surface area contributed by atoms with E-state index in [1.807, 2.05) is 0 Å². The number of halogens is 8. The molecule has 3 rings (SSSR count). The number of methoxy groups -OCH3 is 1. The molecule has 3 aromatic rings. The van der Waals surface area contributed by atoms with Gasteiger partial charge in [0.05, 0.1) is 29.5 Å². The fourth-order valence-corrected chi connectivity index (χ4v) is 4.12. The van der Waals surface area contributed by atoms with Gasteiger partial charge < -0.3 is 4.74 Å². The Labute approximate surface area is 210 Å². The zero-order valence-corrected chi connectivity index (χ0v) is 20.1. The van der Waals surface area contributed by atoms with Crippen molar-refractivity contribution in [3.63, 3.8) is 0 Å². The van der Waals surface area contributed by atoms with Gasteiger partial charge in [-0.1, -0.05) is 0 Å². The highest BCUT2D eigenvalue weighted by atomic mass is 32.2. The van der Waals surface area contributed by atoms with Gasteiger partial charge in [-0.05, 0) is 30.3 Å². The number of alkyl halides is 6. The average Bonchev–Trinajstić information content (AvgIpc) is 2.81. The molecule has 0 unspecified atom stereocenters. The van der Waals surface area contributed by atoms with E-state index in [1.54, 1.807) is 0 Å². The number of pyridine rings is 1. The predicted molar refractivity (Wildman–Crippen MR) is 118 cm³/mol. The van der Waals surface area contributed by atoms with Crippen molar-refractivity contribution < 1.29 is 53.1 Å². The van der Waals surface area contributed by atoms with Crippen molar-refractivity contribution >= 4 is 21.4 Å². The summed E-state index contributed by atoms with van der Waals surface area (Å²) in [6, 6.07) is 3.20. The number of sulfone groups is 1. The molecule has 0 saturated carbocycles. The number of amides is 1. The van der Waals surface area contributed by atoms with Crippen LogP contribution >= 0.6 is 0 Å². The number of benzene rings is 2. The summed E-state index contributed by atoms with van der Waals surface area (Å²) < 4.78 is 138. The van der Waals surface area contributed by atoms with Crippen molar-refractivity contribution in [2.45, 2.75) is 17.2 Å². The maximum absolute atomic E-state index is 14.1. The molecule has 0 aliphatic heterocycles. The molecule has 1 heterocycles. The topological polar surface area (TPSA) is 76.6 Å². The number of hydrogen-bond donors (Lipinski definition) is 0. The maximum atomic E-state index is 14.1. The predicted octanol–water partition coefficient (Wildman–Crippen LogP) is 5.67. The Morgan fingerprint density at radius 2 is 1.61 bits per heavy atom. The number of carbonyl (C=O) groups excluding carboxylic acids is 1. The number of hydrogen-bond acceptors (Lipinski definition) is 5.